The van der Waals surface area contributed by atoms with E-state index in [2.05, 4.69) is 49.6 Å². The molecule has 0 radical (unpaired) electrons. The molecule has 0 fully saturated rings. The first-order valence-electron chi connectivity index (χ1n) is 5.10. The molecule has 1 aromatic heterocycles. The van der Waals surface area contributed by atoms with Gasteiger partial charge in [0, 0.05) is 15.9 Å². The van der Waals surface area contributed by atoms with Crippen LogP contribution in [0.1, 0.15) is 10.6 Å². The molecular formula is C11H12BrN3S2. The van der Waals surface area contributed by atoms with Crippen LogP contribution in [0.25, 0.3) is 0 Å². The molecule has 0 aliphatic heterocycles. The van der Waals surface area contributed by atoms with Gasteiger partial charge < -0.3 is 5.32 Å². The number of hydrogen-bond donors (Lipinski definition) is 1. The lowest BCUT2D eigenvalue weighted by atomic mass is 10.2. The lowest BCUT2D eigenvalue weighted by molar-refractivity contribution is 0.816. The largest absolute Gasteiger partial charge is 0.316 e. The molecule has 3 nitrogen and oxygen atoms in total. The lowest BCUT2D eigenvalue weighted by Crippen LogP contribution is -2.04. The monoisotopic (exact) mass is 329 g/mol. The summed E-state index contributed by atoms with van der Waals surface area (Å²) in [6.45, 7) is 2.84. The summed E-state index contributed by atoms with van der Waals surface area (Å²) in [6, 6.07) is 6.36. The standard InChI is InChI=1S/C11H12BrN3S2/c1-7-14-15-11(16-7)17-10-4-3-8(6-13-2)5-9(10)12/h3-5,13H,6H2,1-2H3. The highest BCUT2D eigenvalue weighted by Gasteiger charge is 2.07. The number of nitrogens with zero attached hydrogens (tertiary/aromatic N) is 2. The highest BCUT2D eigenvalue weighted by Crippen LogP contribution is 2.35. The normalized spacial score (nSPS) is 10.8. The molecule has 90 valence electrons. The van der Waals surface area contributed by atoms with E-state index in [9.17, 15) is 0 Å². The molecule has 0 saturated heterocycles. The summed E-state index contributed by atoms with van der Waals surface area (Å²) in [5, 5.41) is 12.3. The van der Waals surface area contributed by atoms with Crippen molar-refractivity contribution in [1.29, 1.82) is 0 Å². The van der Waals surface area contributed by atoms with Gasteiger partial charge >= 0.3 is 0 Å². The second-order valence-corrected chi connectivity index (χ2v) is 6.81. The van der Waals surface area contributed by atoms with Crippen molar-refractivity contribution in [3.8, 4) is 0 Å². The fraction of sp³-hybridized carbons (Fsp3) is 0.273. The zero-order valence-corrected chi connectivity index (χ0v) is 12.7. The fourth-order valence-corrected chi connectivity index (χ4v) is 3.80. The van der Waals surface area contributed by atoms with Gasteiger partial charge in [0.1, 0.15) is 5.01 Å². The Morgan fingerprint density at radius 2 is 2.24 bits per heavy atom. The van der Waals surface area contributed by atoms with Crippen molar-refractivity contribution in [1.82, 2.24) is 15.5 Å². The Morgan fingerprint density at radius 3 is 2.82 bits per heavy atom. The number of rotatable bonds is 4. The molecule has 1 aromatic carbocycles. The zero-order valence-electron chi connectivity index (χ0n) is 9.53. The van der Waals surface area contributed by atoms with Gasteiger partial charge in [0.05, 0.1) is 0 Å². The van der Waals surface area contributed by atoms with Crippen LogP contribution >= 0.6 is 39.0 Å². The molecule has 0 aliphatic carbocycles. The number of hydrogen-bond acceptors (Lipinski definition) is 5. The quantitative estimate of drug-likeness (QED) is 0.931. The molecule has 0 aliphatic rings. The minimum atomic E-state index is 0.876. The molecule has 1 N–H and O–H groups in total. The molecule has 0 bridgehead atoms. The van der Waals surface area contributed by atoms with Crippen LogP contribution in [-0.2, 0) is 6.54 Å². The van der Waals surface area contributed by atoms with Gasteiger partial charge in [-0.25, -0.2) is 0 Å². The maximum Gasteiger partial charge on any atom is 0.179 e. The minimum Gasteiger partial charge on any atom is -0.316 e. The van der Waals surface area contributed by atoms with Crippen LogP contribution in [0.15, 0.2) is 31.9 Å². The van der Waals surface area contributed by atoms with E-state index in [4.69, 9.17) is 0 Å². The molecule has 2 rings (SSSR count). The molecule has 0 unspecified atom stereocenters. The topological polar surface area (TPSA) is 37.8 Å². The Hall–Kier alpha value is -0.430. The Labute approximate surface area is 117 Å². The number of nitrogens with one attached hydrogen (secondary N) is 1. The molecule has 17 heavy (non-hydrogen) atoms. The molecule has 1 heterocycles. The maximum atomic E-state index is 4.11. The van der Waals surface area contributed by atoms with E-state index in [1.165, 1.54) is 10.5 Å². The van der Waals surface area contributed by atoms with Crippen molar-refractivity contribution < 1.29 is 0 Å². The van der Waals surface area contributed by atoms with E-state index < -0.39 is 0 Å². The van der Waals surface area contributed by atoms with Crippen molar-refractivity contribution in [3.63, 3.8) is 0 Å². The third kappa shape index (κ3) is 3.51. The molecule has 2 aromatic rings. The smallest absolute Gasteiger partial charge is 0.179 e. The predicted molar refractivity (Wildman–Crippen MR) is 75.7 cm³/mol. The summed E-state index contributed by atoms with van der Waals surface area (Å²) in [5.41, 5.74) is 1.26. The van der Waals surface area contributed by atoms with Crippen molar-refractivity contribution in [2.45, 2.75) is 22.7 Å². The van der Waals surface area contributed by atoms with Crippen molar-refractivity contribution in [2.75, 3.05) is 7.05 Å². The first-order valence-corrected chi connectivity index (χ1v) is 7.52. The van der Waals surface area contributed by atoms with E-state index in [1.807, 2.05) is 14.0 Å². The second kappa shape index (κ2) is 5.95. The third-order valence-electron chi connectivity index (χ3n) is 2.08. The average molecular weight is 330 g/mol. The molecule has 6 heteroatoms. The summed E-state index contributed by atoms with van der Waals surface area (Å²) in [7, 11) is 1.95. The lowest BCUT2D eigenvalue weighted by Gasteiger charge is -2.05. The summed E-state index contributed by atoms with van der Waals surface area (Å²) >= 11 is 6.84. The summed E-state index contributed by atoms with van der Waals surface area (Å²) in [5.74, 6) is 0. The SMILES string of the molecule is CNCc1ccc(Sc2nnc(C)s2)c(Br)c1. The van der Waals surface area contributed by atoms with Gasteiger partial charge in [-0.2, -0.15) is 0 Å². The average Bonchev–Trinajstić information content (AvgIpc) is 2.69. The van der Waals surface area contributed by atoms with Gasteiger partial charge in [0.15, 0.2) is 4.34 Å². The first kappa shape index (κ1) is 13.0. The molecule has 0 amide bonds. The van der Waals surface area contributed by atoms with Crippen LogP contribution in [0.4, 0.5) is 0 Å². The first-order chi connectivity index (χ1) is 8.19. The Morgan fingerprint density at radius 1 is 1.41 bits per heavy atom. The Balaban J connectivity index is 2.16. The third-order valence-corrected chi connectivity index (χ3v) is 4.97. The molecule has 0 spiro atoms. The summed E-state index contributed by atoms with van der Waals surface area (Å²) < 4.78 is 2.08. The highest BCUT2D eigenvalue weighted by atomic mass is 79.9. The second-order valence-electron chi connectivity index (χ2n) is 3.48. The fourth-order valence-electron chi connectivity index (χ4n) is 1.35. The van der Waals surface area contributed by atoms with E-state index in [0.717, 1.165) is 20.4 Å². The summed E-state index contributed by atoms with van der Waals surface area (Å²) in [4.78, 5) is 1.17. The van der Waals surface area contributed by atoms with Gasteiger partial charge in [-0.15, -0.1) is 10.2 Å². The van der Waals surface area contributed by atoms with Crippen LogP contribution in [0, 0.1) is 6.92 Å². The van der Waals surface area contributed by atoms with Crippen molar-refractivity contribution >= 4 is 39.0 Å². The number of benzene rings is 1. The molecular weight excluding hydrogens is 318 g/mol. The van der Waals surface area contributed by atoms with Crippen LogP contribution in [0.2, 0.25) is 0 Å². The number of halogens is 1. The van der Waals surface area contributed by atoms with Crippen LogP contribution in [0.5, 0.6) is 0 Å². The van der Waals surface area contributed by atoms with Gasteiger partial charge in [0.25, 0.3) is 0 Å². The Kier molecular flexibility index (Phi) is 4.55. The van der Waals surface area contributed by atoms with Crippen LogP contribution in [0.3, 0.4) is 0 Å². The maximum absolute atomic E-state index is 4.11. The Bertz CT molecular complexity index is 513. The summed E-state index contributed by atoms with van der Waals surface area (Å²) in [6.07, 6.45) is 0. The highest BCUT2D eigenvalue weighted by molar-refractivity contribution is 9.10. The van der Waals surface area contributed by atoms with Gasteiger partial charge in [0.2, 0.25) is 0 Å². The van der Waals surface area contributed by atoms with E-state index in [-0.39, 0.29) is 0 Å². The van der Waals surface area contributed by atoms with Crippen molar-refractivity contribution in [3.05, 3.63) is 33.2 Å². The molecule has 0 saturated carbocycles. The number of aryl methyl sites for hydroxylation is 1. The van der Waals surface area contributed by atoms with Crippen molar-refractivity contribution in [2.24, 2.45) is 0 Å². The number of aromatic nitrogens is 2. The van der Waals surface area contributed by atoms with E-state index >= 15 is 0 Å². The van der Waals surface area contributed by atoms with Gasteiger partial charge in [-0.05, 0) is 47.6 Å². The van der Waals surface area contributed by atoms with E-state index in [0.29, 0.717) is 0 Å². The van der Waals surface area contributed by atoms with Gasteiger partial charge in [-0.1, -0.05) is 29.2 Å². The predicted octanol–water partition coefficient (Wildman–Crippen LogP) is 3.48. The minimum absolute atomic E-state index is 0.876. The van der Waals surface area contributed by atoms with Gasteiger partial charge in [-0.3, -0.25) is 0 Å². The van der Waals surface area contributed by atoms with Crippen LogP contribution < -0.4 is 5.32 Å². The van der Waals surface area contributed by atoms with E-state index in [1.54, 1.807) is 23.1 Å². The zero-order chi connectivity index (χ0) is 12.3. The van der Waals surface area contributed by atoms with Crippen LogP contribution in [-0.4, -0.2) is 17.2 Å². The molecule has 0 atom stereocenters.